The number of nitro groups is 1. The van der Waals surface area contributed by atoms with Gasteiger partial charge in [-0.2, -0.15) is 4.31 Å². The minimum Gasteiger partial charge on any atom is -0.482 e. The zero-order chi connectivity index (χ0) is 21.2. The average Bonchev–Trinajstić information content (AvgIpc) is 3.21. The van der Waals surface area contributed by atoms with Crippen LogP contribution in [-0.4, -0.2) is 30.7 Å². The summed E-state index contributed by atoms with van der Waals surface area (Å²) in [7, 11) is -3.72. The molecule has 0 aliphatic carbocycles. The molecule has 0 atom stereocenters. The highest BCUT2D eigenvalue weighted by molar-refractivity contribution is 7.89. The molecule has 7 nitrogen and oxygen atoms in total. The Balaban J connectivity index is 1.80. The number of sulfonamides is 1. The van der Waals surface area contributed by atoms with Gasteiger partial charge in [0.05, 0.1) is 9.82 Å². The summed E-state index contributed by atoms with van der Waals surface area (Å²) in [5.41, 5.74) is 1.75. The van der Waals surface area contributed by atoms with E-state index in [1.165, 1.54) is 22.0 Å². The maximum atomic E-state index is 12.7. The Labute approximate surface area is 171 Å². The van der Waals surface area contributed by atoms with E-state index in [4.69, 9.17) is 4.74 Å². The lowest BCUT2D eigenvalue weighted by Gasteiger charge is -2.19. The van der Waals surface area contributed by atoms with Crippen LogP contribution in [0, 0.1) is 10.1 Å². The van der Waals surface area contributed by atoms with E-state index in [1.54, 1.807) is 0 Å². The van der Waals surface area contributed by atoms with E-state index in [2.05, 4.69) is 20.8 Å². The predicted molar refractivity (Wildman–Crippen MR) is 111 cm³/mol. The van der Waals surface area contributed by atoms with Gasteiger partial charge >= 0.3 is 5.69 Å². The summed E-state index contributed by atoms with van der Waals surface area (Å²) in [5, 5.41) is 11.5. The molecule has 29 heavy (non-hydrogen) atoms. The summed E-state index contributed by atoms with van der Waals surface area (Å²) in [4.78, 5) is 10.8. The summed E-state index contributed by atoms with van der Waals surface area (Å²) in [5.74, 6) is 0.0512. The molecule has 0 spiro atoms. The van der Waals surface area contributed by atoms with Gasteiger partial charge in [0.25, 0.3) is 0 Å². The molecule has 2 aromatic carbocycles. The lowest BCUT2D eigenvalue weighted by atomic mass is 9.87. The van der Waals surface area contributed by atoms with Gasteiger partial charge in [-0.25, -0.2) is 8.42 Å². The van der Waals surface area contributed by atoms with Crippen LogP contribution in [0.15, 0.2) is 47.4 Å². The molecule has 0 unspecified atom stereocenters. The number of rotatable bonds is 6. The third-order valence-corrected chi connectivity index (χ3v) is 6.94. The van der Waals surface area contributed by atoms with Crippen molar-refractivity contribution in [3.8, 4) is 5.75 Å². The molecule has 0 amide bonds. The van der Waals surface area contributed by atoms with Crippen LogP contribution in [0.1, 0.15) is 44.7 Å². The number of ether oxygens (including phenoxy) is 1. The van der Waals surface area contributed by atoms with E-state index < -0.39 is 14.9 Å². The molecule has 1 aliphatic heterocycles. The second kappa shape index (κ2) is 8.12. The van der Waals surface area contributed by atoms with Crippen molar-refractivity contribution in [3.63, 3.8) is 0 Å². The van der Waals surface area contributed by atoms with Crippen molar-refractivity contribution in [1.29, 1.82) is 0 Å². The molecule has 0 saturated carbocycles. The first kappa shape index (κ1) is 21.3. The fourth-order valence-electron chi connectivity index (χ4n) is 3.26. The third-order valence-electron chi connectivity index (χ3n) is 5.04. The van der Waals surface area contributed by atoms with Crippen LogP contribution in [0.4, 0.5) is 5.69 Å². The molecule has 156 valence electrons. The highest BCUT2D eigenvalue weighted by Crippen LogP contribution is 2.32. The van der Waals surface area contributed by atoms with Crippen molar-refractivity contribution < 1.29 is 18.1 Å². The van der Waals surface area contributed by atoms with E-state index in [0.717, 1.165) is 24.5 Å². The first-order valence-corrected chi connectivity index (χ1v) is 11.0. The van der Waals surface area contributed by atoms with Gasteiger partial charge in [-0.3, -0.25) is 10.1 Å². The van der Waals surface area contributed by atoms with Crippen molar-refractivity contribution in [3.05, 3.63) is 63.7 Å². The van der Waals surface area contributed by atoms with E-state index in [9.17, 15) is 18.5 Å². The number of hydrogen-bond acceptors (Lipinski definition) is 5. The zero-order valence-corrected chi connectivity index (χ0v) is 17.7. The minimum absolute atomic E-state index is 0.0365. The van der Waals surface area contributed by atoms with Gasteiger partial charge in [0.1, 0.15) is 6.61 Å². The third kappa shape index (κ3) is 4.76. The Morgan fingerprint density at radius 1 is 1.07 bits per heavy atom. The molecule has 1 saturated heterocycles. The van der Waals surface area contributed by atoms with Crippen molar-refractivity contribution in [1.82, 2.24) is 4.31 Å². The summed E-state index contributed by atoms with van der Waals surface area (Å²) >= 11 is 0. The van der Waals surface area contributed by atoms with Crippen molar-refractivity contribution in [2.24, 2.45) is 0 Å². The topological polar surface area (TPSA) is 89.8 Å². The van der Waals surface area contributed by atoms with Crippen molar-refractivity contribution in [2.45, 2.75) is 50.5 Å². The van der Waals surface area contributed by atoms with Crippen LogP contribution in [0.2, 0.25) is 0 Å². The fourth-order valence-corrected chi connectivity index (χ4v) is 4.80. The van der Waals surface area contributed by atoms with Gasteiger partial charge in [0, 0.05) is 19.2 Å². The van der Waals surface area contributed by atoms with Gasteiger partial charge in [0.2, 0.25) is 10.0 Å². The lowest BCUT2D eigenvalue weighted by molar-refractivity contribution is -0.386. The Bertz CT molecular complexity index is 989. The Hall–Kier alpha value is -2.45. The van der Waals surface area contributed by atoms with Gasteiger partial charge in [-0.05, 0) is 41.5 Å². The Morgan fingerprint density at radius 3 is 2.24 bits per heavy atom. The van der Waals surface area contributed by atoms with E-state index in [1.807, 2.05) is 24.3 Å². The SMILES string of the molecule is CC(C)(C)c1ccc(COc2ccc(S(=O)(=O)N3CCCC3)cc2[N+](=O)[O-])cc1. The highest BCUT2D eigenvalue weighted by Gasteiger charge is 2.29. The van der Waals surface area contributed by atoms with Crippen LogP contribution in [0.5, 0.6) is 5.75 Å². The molecule has 0 radical (unpaired) electrons. The van der Waals surface area contributed by atoms with Crippen LogP contribution >= 0.6 is 0 Å². The quantitative estimate of drug-likeness (QED) is 0.517. The van der Waals surface area contributed by atoms with Gasteiger partial charge in [0.15, 0.2) is 5.75 Å². The minimum atomic E-state index is -3.72. The molecule has 3 rings (SSSR count). The molecule has 1 heterocycles. The maximum Gasteiger partial charge on any atom is 0.312 e. The molecule has 1 fully saturated rings. The number of nitro benzene ring substituents is 1. The highest BCUT2D eigenvalue weighted by atomic mass is 32.2. The molecular weight excluding hydrogens is 392 g/mol. The first-order valence-electron chi connectivity index (χ1n) is 9.60. The summed E-state index contributed by atoms with van der Waals surface area (Å²) in [6.07, 6.45) is 1.60. The monoisotopic (exact) mass is 418 g/mol. The molecule has 2 aromatic rings. The molecule has 0 N–H and O–H groups in total. The first-order chi connectivity index (χ1) is 13.6. The second-order valence-electron chi connectivity index (χ2n) is 8.23. The van der Waals surface area contributed by atoms with Crippen molar-refractivity contribution >= 4 is 15.7 Å². The smallest absolute Gasteiger partial charge is 0.312 e. The summed E-state index contributed by atoms with van der Waals surface area (Å²) in [6, 6.07) is 11.7. The van der Waals surface area contributed by atoms with Crippen LogP contribution in [-0.2, 0) is 22.0 Å². The summed E-state index contributed by atoms with van der Waals surface area (Å²) < 4.78 is 32.4. The number of nitrogens with zero attached hydrogens (tertiary/aromatic N) is 2. The molecule has 0 bridgehead atoms. The maximum absolute atomic E-state index is 12.7. The summed E-state index contributed by atoms with van der Waals surface area (Å²) in [6.45, 7) is 7.42. The predicted octanol–water partition coefficient (Wildman–Crippen LogP) is 4.26. The standard InChI is InChI=1S/C21H26N2O5S/c1-21(2,3)17-8-6-16(7-9-17)15-28-20-11-10-18(14-19(20)23(24)25)29(26,27)22-12-4-5-13-22/h6-11,14H,4-5,12-13,15H2,1-3H3. The van der Waals surface area contributed by atoms with Gasteiger partial charge in [-0.15, -0.1) is 0 Å². The van der Waals surface area contributed by atoms with E-state index in [0.29, 0.717) is 13.1 Å². The Morgan fingerprint density at radius 2 is 1.69 bits per heavy atom. The fraction of sp³-hybridized carbons (Fsp3) is 0.429. The average molecular weight is 419 g/mol. The molecule has 8 heteroatoms. The van der Waals surface area contributed by atoms with Gasteiger partial charge in [-0.1, -0.05) is 45.0 Å². The second-order valence-corrected chi connectivity index (χ2v) is 10.2. The molecular formula is C21H26N2O5S. The van der Waals surface area contributed by atoms with Crippen LogP contribution in [0.25, 0.3) is 0 Å². The largest absolute Gasteiger partial charge is 0.482 e. The molecule has 1 aliphatic rings. The molecule has 0 aromatic heterocycles. The Kier molecular flexibility index (Phi) is 5.95. The van der Waals surface area contributed by atoms with Crippen molar-refractivity contribution in [2.75, 3.05) is 13.1 Å². The number of benzene rings is 2. The van der Waals surface area contributed by atoms with E-state index >= 15 is 0 Å². The lowest BCUT2D eigenvalue weighted by Crippen LogP contribution is -2.27. The van der Waals surface area contributed by atoms with Crippen LogP contribution in [0.3, 0.4) is 0 Å². The van der Waals surface area contributed by atoms with E-state index in [-0.39, 0.29) is 28.4 Å². The zero-order valence-electron chi connectivity index (χ0n) is 16.9. The normalized spacial score (nSPS) is 15.4. The van der Waals surface area contributed by atoms with Crippen LogP contribution < -0.4 is 4.74 Å². The van der Waals surface area contributed by atoms with Gasteiger partial charge < -0.3 is 4.74 Å². The number of hydrogen-bond donors (Lipinski definition) is 0.